The first kappa shape index (κ1) is 18.3. The molecule has 0 spiro atoms. The smallest absolute Gasteiger partial charge is 0.335 e. The van der Waals surface area contributed by atoms with Gasteiger partial charge in [0.05, 0.1) is 12.7 Å². The Morgan fingerprint density at radius 3 is 2.15 bits per heavy atom. The first-order chi connectivity index (χ1) is 13.2. The number of hydrogen-bond donors (Lipinski definition) is 1. The second-order valence-corrected chi connectivity index (χ2v) is 5.76. The number of benzene rings is 3. The van der Waals surface area contributed by atoms with Crippen LogP contribution in [0.3, 0.4) is 0 Å². The standard InChI is InChI=1S/C22H20O5/c1-25-20-12-9-18(22(23)24)15-21(20)27-14-13-26-19-10-7-17(8-11-19)16-5-3-2-4-6-16/h2-12,15H,13-14H2,1H3,(H,23,24). The van der Waals surface area contributed by atoms with Gasteiger partial charge >= 0.3 is 5.97 Å². The molecule has 3 rings (SSSR count). The lowest BCUT2D eigenvalue weighted by atomic mass is 10.1. The summed E-state index contributed by atoms with van der Waals surface area (Å²) in [6, 6.07) is 22.4. The maximum Gasteiger partial charge on any atom is 0.335 e. The van der Waals surface area contributed by atoms with E-state index in [1.807, 2.05) is 42.5 Å². The van der Waals surface area contributed by atoms with Crippen LogP contribution in [0, 0.1) is 0 Å². The van der Waals surface area contributed by atoms with Crippen molar-refractivity contribution in [3.05, 3.63) is 78.4 Å². The van der Waals surface area contributed by atoms with Gasteiger partial charge in [-0.3, -0.25) is 0 Å². The molecule has 0 aromatic heterocycles. The number of carbonyl (C=O) groups is 1. The molecule has 0 aliphatic rings. The number of methoxy groups -OCH3 is 1. The van der Waals surface area contributed by atoms with E-state index in [2.05, 4.69) is 12.1 Å². The molecule has 0 radical (unpaired) electrons. The van der Waals surface area contributed by atoms with Crippen molar-refractivity contribution in [1.82, 2.24) is 0 Å². The lowest BCUT2D eigenvalue weighted by molar-refractivity contribution is 0.0696. The third kappa shape index (κ3) is 4.79. The van der Waals surface area contributed by atoms with E-state index in [1.54, 1.807) is 6.07 Å². The lowest BCUT2D eigenvalue weighted by Gasteiger charge is -2.12. The quantitative estimate of drug-likeness (QED) is 0.596. The summed E-state index contributed by atoms with van der Waals surface area (Å²) in [4.78, 5) is 11.1. The van der Waals surface area contributed by atoms with E-state index < -0.39 is 5.97 Å². The third-order valence-electron chi connectivity index (χ3n) is 3.98. The molecule has 1 N–H and O–H groups in total. The van der Waals surface area contributed by atoms with Crippen LogP contribution in [0.15, 0.2) is 72.8 Å². The van der Waals surface area contributed by atoms with Crippen LogP contribution in [0.5, 0.6) is 17.2 Å². The molecule has 5 nitrogen and oxygen atoms in total. The Hall–Kier alpha value is -3.47. The Morgan fingerprint density at radius 2 is 1.48 bits per heavy atom. The number of rotatable bonds is 8. The highest BCUT2D eigenvalue weighted by Crippen LogP contribution is 2.28. The van der Waals surface area contributed by atoms with Gasteiger partial charge in [0.1, 0.15) is 19.0 Å². The molecule has 0 amide bonds. The predicted octanol–water partition coefficient (Wildman–Crippen LogP) is 4.52. The fraction of sp³-hybridized carbons (Fsp3) is 0.136. The van der Waals surface area contributed by atoms with Crippen LogP contribution in [0.4, 0.5) is 0 Å². The molecule has 0 fully saturated rings. The summed E-state index contributed by atoms with van der Waals surface area (Å²) in [5.41, 5.74) is 2.41. The summed E-state index contributed by atoms with van der Waals surface area (Å²) >= 11 is 0. The number of carboxylic acid groups (broad SMARTS) is 1. The lowest BCUT2D eigenvalue weighted by Crippen LogP contribution is -2.10. The molecule has 27 heavy (non-hydrogen) atoms. The summed E-state index contributed by atoms with van der Waals surface area (Å²) in [7, 11) is 1.51. The van der Waals surface area contributed by atoms with E-state index in [4.69, 9.17) is 19.3 Å². The first-order valence-corrected chi connectivity index (χ1v) is 8.50. The van der Waals surface area contributed by atoms with Crippen LogP contribution in [0.25, 0.3) is 11.1 Å². The van der Waals surface area contributed by atoms with E-state index in [-0.39, 0.29) is 12.2 Å². The van der Waals surface area contributed by atoms with Crippen LogP contribution in [-0.2, 0) is 0 Å². The van der Waals surface area contributed by atoms with Crippen LogP contribution < -0.4 is 14.2 Å². The summed E-state index contributed by atoms with van der Waals surface area (Å²) in [5.74, 6) is 0.578. The highest BCUT2D eigenvalue weighted by Gasteiger charge is 2.10. The van der Waals surface area contributed by atoms with Crippen LogP contribution in [0.1, 0.15) is 10.4 Å². The molecule has 3 aromatic carbocycles. The molecule has 0 atom stereocenters. The van der Waals surface area contributed by atoms with Crippen molar-refractivity contribution in [3.8, 4) is 28.4 Å². The summed E-state index contributed by atoms with van der Waals surface area (Å²) in [6.07, 6.45) is 0. The molecule has 0 aliphatic heterocycles. The Balaban J connectivity index is 1.55. The number of ether oxygens (including phenoxy) is 3. The van der Waals surface area contributed by atoms with Gasteiger partial charge in [0.2, 0.25) is 0 Å². The van der Waals surface area contributed by atoms with E-state index in [9.17, 15) is 4.79 Å². The zero-order chi connectivity index (χ0) is 19.1. The molecule has 3 aromatic rings. The van der Waals surface area contributed by atoms with Crippen LogP contribution >= 0.6 is 0 Å². The molecule has 0 saturated carbocycles. The molecule has 0 unspecified atom stereocenters. The van der Waals surface area contributed by atoms with Crippen molar-refractivity contribution in [2.45, 2.75) is 0 Å². The normalized spacial score (nSPS) is 10.3. The number of hydrogen-bond acceptors (Lipinski definition) is 4. The molecule has 0 bridgehead atoms. The molecule has 0 heterocycles. The molecule has 138 valence electrons. The summed E-state index contributed by atoms with van der Waals surface area (Å²) in [5, 5.41) is 9.08. The zero-order valence-electron chi connectivity index (χ0n) is 14.9. The van der Waals surface area contributed by atoms with E-state index in [1.165, 1.54) is 19.2 Å². The van der Waals surface area contributed by atoms with Gasteiger partial charge in [-0.1, -0.05) is 42.5 Å². The largest absolute Gasteiger partial charge is 0.493 e. The number of carboxylic acids is 1. The van der Waals surface area contributed by atoms with Gasteiger partial charge < -0.3 is 19.3 Å². The minimum atomic E-state index is -1.02. The van der Waals surface area contributed by atoms with Crippen molar-refractivity contribution < 1.29 is 24.1 Å². The molecular formula is C22H20O5. The summed E-state index contributed by atoms with van der Waals surface area (Å²) in [6.45, 7) is 0.588. The van der Waals surface area contributed by atoms with Crippen LogP contribution in [0.2, 0.25) is 0 Å². The zero-order valence-corrected chi connectivity index (χ0v) is 14.9. The number of aromatic carboxylic acids is 1. The van der Waals surface area contributed by atoms with Gasteiger partial charge in [0.15, 0.2) is 11.5 Å². The van der Waals surface area contributed by atoms with Crippen molar-refractivity contribution in [3.63, 3.8) is 0 Å². The molecule has 0 saturated heterocycles. The van der Waals surface area contributed by atoms with E-state index in [0.29, 0.717) is 18.1 Å². The maximum atomic E-state index is 11.1. The van der Waals surface area contributed by atoms with Gasteiger partial charge in [0, 0.05) is 0 Å². The van der Waals surface area contributed by atoms with E-state index >= 15 is 0 Å². The minimum Gasteiger partial charge on any atom is -0.493 e. The topological polar surface area (TPSA) is 65.0 Å². The van der Waals surface area contributed by atoms with Gasteiger partial charge in [-0.15, -0.1) is 0 Å². The molecule has 5 heteroatoms. The highest BCUT2D eigenvalue weighted by molar-refractivity contribution is 5.88. The average Bonchev–Trinajstić information content (AvgIpc) is 2.72. The van der Waals surface area contributed by atoms with E-state index in [0.717, 1.165) is 16.9 Å². The second-order valence-electron chi connectivity index (χ2n) is 5.76. The maximum absolute atomic E-state index is 11.1. The predicted molar refractivity (Wildman–Crippen MR) is 103 cm³/mol. The van der Waals surface area contributed by atoms with Crippen molar-refractivity contribution in [2.24, 2.45) is 0 Å². The average molecular weight is 364 g/mol. The van der Waals surface area contributed by atoms with Crippen molar-refractivity contribution >= 4 is 5.97 Å². The fourth-order valence-corrected chi connectivity index (χ4v) is 2.61. The Morgan fingerprint density at radius 1 is 0.815 bits per heavy atom. The second kappa shape index (κ2) is 8.76. The fourth-order valence-electron chi connectivity index (χ4n) is 2.61. The van der Waals surface area contributed by atoms with Crippen LogP contribution in [-0.4, -0.2) is 31.4 Å². The Kier molecular flexibility index (Phi) is 5.94. The highest BCUT2D eigenvalue weighted by atomic mass is 16.5. The van der Waals surface area contributed by atoms with Gasteiger partial charge in [-0.2, -0.15) is 0 Å². The first-order valence-electron chi connectivity index (χ1n) is 8.50. The Bertz CT molecular complexity index is 888. The molecular weight excluding hydrogens is 344 g/mol. The molecule has 0 aliphatic carbocycles. The Labute approximate surface area is 157 Å². The van der Waals surface area contributed by atoms with Gasteiger partial charge in [-0.05, 0) is 41.5 Å². The third-order valence-corrected chi connectivity index (χ3v) is 3.98. The van der Waals surface area contributed by atoms with Gasteiger partial charge in [0.25, 0.3) is 0 Å². The minimum absolute atomic E-state index is 0.142. The SMILES string of the molecule is COc1ccc(C(=O)O)cc1OCCOc1ccc(-c2ccccc2)cc1. The van der Waals surface area contributed by atoms with Crippen molar-refractivity contribution in [2.75, 3.05) is 20.3 Å². The van der Waals surface area contributed by atoms with Crippen molar-refractivity contribution in [1.29, 1.82) is 0 Å². The monoisotopic (exact) mass is 364 g/mol. The summed E-state index contributed by atoms with van der Waals surface area (Å²) < 4.78 is 16.5. The van der Waals surface area contributed by atoms with Gasteiger partial charge in [-0.25, -0.2) is 4.79 Å².